The van der Waals surface area contributed by atoms with Gasteiger partial charge in [0.25, 0.3) is 5.91 Å². The molecule has 0 aliphatic rings. The summed E-state index contributed by atoms with van der Waals surface area (Å²) in [7, 11) is -3.34. The number of carbonyl (C=O) groups is 1. The highest BCUT2D eigenvalue weighted by atomic mass is 32.2. The van der Waals surface area contributed by atoms with Gasteiger partial charge in [0.1, 0.15) is 0 Å². The number of amides is 1. The van der Waals surface area contributed by atoms with Crippen molar-refractivity contribution >= 4 is 15.7 Å². The topological polar surface area (TPSA) is 78.2 Å². The number of nitriles is 1. The first-order valence-electron chi connectivity index (χ1n) is 6.25. The Labute approximate surface area is 119 Å². The molecule has 0 spiro atoms. The zero-order chi connectivity index (χ0) is 15.3. The lowest BCUT2D eigenvalue weighted by molar-refractivity contribution is 0.0710. The van der Waals surface area contributed by atoms with Crippen molar-refractivity contribution in [1.82, 2.24) is 4.90 Å². The highest BCUT2D eigenvalue weighted by molar-refractivity contribution is 7.90. The molecule has 0 aliphatic heterocycles. The van der Waals surface area contributed by atoms with Gasteiger partial charge in [0.2, 0.25) is 0 Å². The van der Waals surface area contributed by atoms with Crippen LogP contribution in [0.25, 0.3) is 0 Å². The highest BCUT2D eigenvalue weighted by Crippen LogP contribution is 2.15. The van der Waals surface area contributed by atoms with Gasteiger partial charge in [-0.3, -0.25) is 4.79 Å². The second-order valence-corrected chi connectivity index (χ2v) is 6.82. The van der Waals surface area contributed by atoms with Crippen LogP contribution in [0.1, 0.15) is 30.6 Å². The molecule has 0 radical (unpaired) electrons. The summed E-state index contributed by atoms with van der Waals surface area (Å²) in [5, 5.41) is 8.63. The average Bonchev–Trinajstić information content (AvgIpc) is 2.37. The van der Waals surface area contributed by atoms with Crippen molar-refractivity contribution in [2.24, 2.45) is 0 Å². The van der Waals surface area contributed by atoms with Crippen LogP contribution in [-0.4, -0.2) is 38.1 Å². The summed E-state index contributed by atoms with van der Waals surface area (Å²) in [5.74, 6) is -0.263. The van der Waals surface area contributed by atoms with Crippen molar-refractivity contribution in [2.45, 2.75) is 31.2 Å². The van der Waals surface area contributed by atoms with Crippen LogP contribution in [0.4, 0.5) is 0 Å². The van der Waals surface area contributed by atoms with Gasteiger partial charge >= 0.3 is 0 Å². The van der Waals surface area contributed by atoms with Crippen molar-refractivity contribution in [3.63, 3.8) is 0 Å². The monoisotopic (exact) mass is 294 g/mol. The van der Waals surface area contributed by atoms with E-state index in [-0.39, 0.29) is 23.3 Å². The Hall–Kier alpha value is -1.87. The largest absolute Gasteiger partial charge is 0.335 e. The SMILES string of the molecule is CC(C)N(CCC#N)C(=O)c1cccc(S(C)(=O)=O)c1. The maximum Gasteiger partial charge on any atom is 0.254 e. The maximum atomic E-state index is 12.4. The molecule has 0 aromatic heterocycles. The summed E-state index contributed by atoms with van der Waals surface area (Å²) in [6.45, 7) is 4.04. The van der Waals surface area contributed by atoms with Crippen LogP contribution < -0.4 is 0 Å². The standard InChI is InChI=1S/C14H18N2O3S/c1-11(2)16(9-5-8-15)14(17)12-6-4-7-13(10-12)20(3,18)19/h4,6-7,10-11H,5,9H2,1-3H3. The van der Waals surface area contributed by atoms with Crippen molar-refractivity contribution in [2.75, 3.05) is 12.8 Å². The minimum atomic E-state index is -3.34. The first-order chi connectivity index (χ1) is 9.27. The minimum absolute atomic E-state index is 0.0576. The van der Waals surface area contributed by atoms with Gasteiger partial charge in [-0.2, -0.15) is 5.26 Å². The molecule has 0 bridgehead atoms. The van der Waals surface area contributed by atoms with E-state index in [2.05, 4.69) is 0 Å². The molecular formula is C14H18N2O3S. The van der Waals surface area contributed by atoms with E-state index in [9.17, 15) is 13.2 Å². The molecule has 1 aromatic rings. The molecule has 0 saturated carbocycles. The summed E-state index contributed by atoms with van der Waals surface area (Å²) < 4.78 is 23.0. The molecule has 0 saturated heterocycles. The van der Waals surface area contributed by atoms with Gasteiger partial charge in [-0.05, 0) is 32.0 Å². The van der Waals surface area contributed by atoms with Gasteiger partial charge in [0, 0.05) is 24.4 Å². The van der Waals surface area contributed by atoms with Gasteiger partial charge in [-0.1, -0.05) is 6.07 Å². The van der Waals surface area contributed by atoms with Gasteiger partial charge in [0.05, 0.1) is 17.4 Å². The number of hydrogen-bond donors (Lipinski definition) is 0. The number of carbonyl (C=O) groups excluding carboxylic acids is 1. The van der Waals surface area contributed by atoms with E-state index in [4.69, 9.17) is 5.26 Å². The predicted octanol–water partition coefficient (Wildman–Crippen LogP) is 1.85. The third kappa shape index (κ3) is 4.07. The van der Waals surface area contributed by atoms with Crippen molar-refractivity contribution in [3.05, 3.63) is 29.8 Å². The van der Waals surface area contributed by atoms with E-state index in [0.717, 1.165) is 6.26 Å². The smallest absolute Gasteiger partial charge is 0.254 e. The number of benzene rings is 1. The zero-order valence-corrected chi connectivity index (χ0v) is 12.6. The van der Waals surface area contributed by atoms with E-state index in [1.807, 2.05) is 19.9 Å². The molecule has 1 rings (SSSR count). The summed E-state index contributed by atoms with van der Waals surface area (Å²) >= 11 is 0. The molecule has 0 aliphatic carbocycles. The quantitative estimate of drug-likeness (QED) is 0.830. The fraction of sp³-hybridized carbons (Fsp3) is 0.429. The molecule has 0 N–H and O–H groups in total. The fourth-order valence-corrected chi connectivity index (χ4v) is 2.46. The van der Waals surface area contributed by atoms with Crippen LogP contribution in [0.3, 0.4) is 0 Å². The van der Waals surface area contributed by atoms with E-state index in [1.54, 1.807) is 17.0 Å². The Bertz CT molecular complexity index is 630. The third-order valence-electron chi connectivity index (χ3n) is 2.86. The Morgan fingerprint density at radius 3 is 2.55 bits per heavy atom. The van der Waals surface area contributed by atoms with Gasteiger partial charge in [0.15, 0.2) is 9.84 Å². The number of nitrogens with zero attached hydrogens (tertiary/aromatic N) is 2. The first kappa shape index (κ1) is 16.2. The van der Waals surface area contributed by atoms with Crippen LogP contribution >= 0.6 is 0 Å². The van der Waals surface area contributed by atoms with E-state index in [0.29, 0.717) is 12.1 Å². The lowest BCUT2D eigenvalue weighted by atomic mass is 10.1. The summed E-state index contributed by atoms with van der Waals surface area (Å²) in [4.78, 5) is 14.1. The summed E-state index contributed by atoms with van der Waals surface area (Å²) in [5.41, 5.74) is 0.319. The average molecular weight is 294 g/mol. The van der Waals surface area contributed by atoms with Crippen LogP contribution in [0.2, 0.25) is 0 Å². The lowest BCUT2D eigenvalue weighted by Crippen LogP contribution is -2.37. The lowest BCUT2D eigenvalue weighted by Gasteiger charge is -2.26. The normalized spacial score (nSPS) is 11.2. The van der Waals surface area contributed by atoms with E-state index >= 15 is 0 Å². The van der Waals surface area contributed by atoms with Gasteiger partial charge < -0.3 is 4.90 Å². The molecule has 6 heteroatoms. The second kappa shape index (κ2) is 6.53. The summed E-state index contributed by atoms with van der Waals surface area (Å²) in [6, 6.07) is 7.91. The van der Waals surface area contributed by atoms with Crippen molar-refractivity contribution in [3.8, 4) is 6.07 Å². The number of hydrogen-bond acceptors (Lipinski definition) is 4. The van der Waals surface area contributed by atoms with Crippen LogP contribution in [0.15, 0.2) is 29.2 Å². The Morgan fingerprint density at radius 2 is 2.05 bits per heavy atom. The Morgan fingerprint density at radius 1 is 1.40 bits per heavy atom. The first-order valence-corrected chi connectivity index (χ1v) is 8.14. The predicted molar refractivity (Wildman–Crippen MR) is 76.0 cm³/mol. The van der Waals surface area contributed by atoms with E-state index in [1.165, 1.54) is 12.1 Å². The van der Waals surface area contributed by atoms with Crippen LogP contribution in [0, 0.1) is 11.3 Å². The molecule has 1 amide bonds. The molecule has 0 unspecified atom stereocenters. The number of rotatable bonds is 5. The zero-order valence-electron chi connectivity index (χ0n) is 11.8. The van der Waals surface area contributed by atoms with Gasteiger partial charge in [-0.25, -0.2) is 8.42 Å². The van der Waals surface area contributed by atoms with Crippen molar-refractivity contribution in [1.29, 1.82) is 5.26 Å². The molecule has 0 heterocycles. The maximum absolute atomic E-state index is 12.4. The Balaban J connectivity index is 3.10. The fourth-order valence-electron chi connectivity index (χ4n) is 1.79. The molecular weight excluding hydrogens is 276 g/mol. The highest BCUT2D eigenvalue weighted by Gasteiger charge is 2.19. The van der Waals surface area contributed by atoms with E-state index < -0.39 is 9.84 Å². The second-order valence-electron chi connectivity index (χ2n) is 4.80. The Kier molecular flexibility index (Phi) is 5.28. The number of sulfone groups is 1. The minimum Gasteiger partial charge on any atom is -0.335 e. The van der Waals surface area contributed by atoms with Gasteiger partial charge in [-0.15, -0.1) is 0 Å². The summed E-state index contributed by atoms with van der Waals surface area (Å²) in [6.07, 6.45) is 1.35. The van der Waals surface area contributed by atoms with Crippen LogP contribution in [-0.2, 0) is 9.84 Å². The third-order valence-corrected chi connectivity index (χ3v) is 3.97. The van der Waals surface area contributed by atoms with Crippen molar-refractivity contribution < 1.29 is 13.2 Å². The molecule has 1 aromatic carbocycles. The molecule has 20 heavy (non-hydrogen) atoms. The molecule has 5 nitrogen and oxygen atoms in total. The molecule has 0 atom stereocenters. The molecule has 108 valence electrons. The molecule has 0 fully saturated rings. The van der Waals surface area contributed by atoms with Crippen LogP contribution in [0.5, 0.6) is 0 Å².